The summed E-state index contributed by atoms with van der Waals surface area (Å²) in [7, 11) is 0. The van der Waals surface area contributed by atoms with Crippen molar-refractivity contribution in [3.8, 4) is 11.3 Å². The maximum absolute atomic E-state index is 13.0. The number of hydrogen-bond acceptors (Lipinski definition) is 6. The number of anilines is 1. The Kier molecular flexibility index (Phi) is 8.16. The predicted octanol–water partition coefficient (Wildman–Crippen LogP) is 7.03. The number of nitrogens with one attached hydrogen (secondary N) is 1. The minimum Gasteiger partial charge on any atom is -0.444 e. The molecule has 3 aliphatic rings. The van der Waals surface area contributed by atoms with E-state index in [9.17, 15) is 4.79 Å². The number of carbonyl (C=O) groups excluding carboxylic acids is 1. The smallest absolute Gasteiger partial charge is 0.412 e. The van der Waals surface area contributed by atoms with Gasteiger partial charge in [-0.2, -0.15) is 0 Å². The van der Waals surface area contributed by atoms with Gasteiger partial charge >= 0.3 is 6.09 Å². The highest BCUT2D eigenvalue weighted by Gasteiger charge is 2.45. The third kappa shape index (κ3) is 6.47. The second kappa shape index (κ2) is 11.1. The number of benzene rings is 1. The summed E-state index contributed by atoms with van der Waals surface area (Å²) in [5.74, 6) is 1.05. The molecule has 1 aliphatic carbocycles. The molecule has 0 bridgehead atoms. The zero-order valence-electron chi connectivity index (χ0n) is 27.3. The molecule has 1 aromatic heterocycles. The number of nitrogens with zero attached hydrogens (tertiary/aromatic N) is 3. The average molecular weight is 577 g/mol. The van der Waals surface area contributed by atoms with Crippen molar-refractivity contribution in [2.75, 3.05) is 31.1 Å². The Balaban J connectivity index is 1.21. The van der Waals surface area contributed by atoms with E-state index in [1.165, 1.54) is 29.5 Å². The van der Waals surface area contributed by atoms with Crippen molar-refractivity contribution in [1.82, 2.24) is 15.2 Å². The van der Waals surface area contributed by atoms with Gasteiger partial charge < -0.3 is 19.7 Å². The molecular weight excluding hydrogens is 524 g/mol. The first-order chi connectivity index (χ1) is 19.6. The van der Waals surface area contributed by atoms with E-state index in [0.29, 0.717) is 19.2 Å². The van der Waals surface area contributed by atoms with Crippen molar-refractivity contribution >= 4 is 11.9 Å². The zero-order valence-corrected chi connectivity index (χ0v) is 27.3. The van der Waals surface area contributed by atoms with E-state index in [-0.39, 0.29) is 23.0 Å². The van der Waals surface area contributed by atoms with Gasteiger partial charge in [-0.3, -0.25) is 4.90 Å². The molecule has 1 amide bonds. The van der Waals surface area contributed by atoms with Crippen LogP contribution in [0.25, 0.3) is 11.3 Å². The lowest BCUT2D eigenvalue weighted by atomic mass is 9.63. The first-order valence-electron chi connectivity index (χ1n) is 15.8. The largest absolute Gasteiger partial charge is 0.444 e. The van der Waals surface area contributed by atoms with Crippen LogP contribution in [-0.2, 0) is 20.3 Å². The van der Waals surface area contributed by atoms with Crippen LogP contribution in [0.5, 0.6) is 0 Å². The van der Waals surface area contributed by atoms with E-state index >= 15 is 0 Å². The van der Waals surface area contributed by atoms with Crippen LogP contribution in [0.2, 0.25) is 0 Å². The molecule has 2 aliphatic heterocycles. The van der Waals surface area contributed by atoms with Crippen LogP contribution in [0.3, 0.4) is 0 Å². The number of hydrogen-bond donors (Lipinski definition) is 1. The number of pyridine rings is 1. The zero-order chi connectivity index (χ0) is 30.5. The van der Waals surface area contributed by atoms with Crippen LogP contribution >= 0.6 is 0 Å². The van der Waals surface area contributed by atoms with E-state index in [4.69, 9.17) is 14.5 Å². The lowest BCUT2D eigenvalue weighted by Gasteiger charge is -2.42. The molecule has 0 spiro atoms. The first kappa shape index (κ1) is 30.8. The Morgan fingerprint density at radius 3 is 2.33 bits per heavy atom. The lowest BCUT2D eigenvalue weighted by molar-refractivity contribution is -0.0624. The summed E-state index contributed by atoms with van der Waals surface area (Å²) in [6.45, 7) is 22.1. The normalized spacial score (nSPS) is 23.5. The number of ether oxygens (including phenoxy) is 2. The van der Waals surface area contributed by atoms with Gasteiger partial charge in [0.05, 0.1) is 18.3 Å². The number of piperidine rings is 1. The Labute approximate surface area is 253 Å². The fourth-order valence-corrected chi connectivity index (χ4v) is 6.84. The molecule has 0 radical (unpaired) electrons. The Bertz CT molecular complexity index is 1290. The van der Waals surface area contributed by atoms with E-state index in [2.05, 4.69) is 74.3 Å². The molecule has 1 N–H and O–H groups in total. The quantitative estimate of drug-likeness (QED) is 0.412. The highest BCUT2D eigenvalue weighted by molar-refractivity contribution is 5.70. The lowest BCUT2D eigenvalue weighted by Crippen LogP contribution is -2.54. The molecule has 5 rings (SSSR count). The molecule has 230 valence electrons. The van der Waals surface area contributed by atoms with Crippen LogP contribution in [0, 0.1) is 0 Å². The van der Waals surface area contributed by atoms with Gasteiger partial charge in [0.2, 0.25) is 0 Å². The maximum Gasteiger partial charge on any atom is 0.412 e. The topological polar surface area (TPSA) is 66.9 Å². The molecule has 2 aromatic rings. The molecule has 1 atom stereocenters. The summed E-state index contributed by atoms with van der Waals surface area (Å²) in [6, 6.07) is 13.8. The summed E-state index contributed by atoms with van der Waals surface area (Å²) < 4.78 is 11.7. The first-order valence-corrected chi connectivity index (χ1v) is 15.8. The Hall–Kier alpha value is -2.64. The van der Waals surface area contributed by atoms with Crippen LogP contribution < -0.4 is 10.2 Å². The number of carbonyl (C=O) groups is 1. The van der Waals surface area contributed by atoms with E-state index in [1.807, 2.05) is 34.6 Å². The highest BCUT2D eigenvalue weighted by Crippen LogP contribution is 2.46. The molecule has 7 nitrogen and oxygen atoms in total. The van der Waals surface area contributed by atoms with Crippen molar-refractivity contribution in [1.29, 1.82) is 0 Å². The molecular formula is C35H52N4O3. The minimum absolute atomic E-state index is 0.0570. The summed E-state index contributed by atoms with van der Waals surface area (Å²) >= 11 is 0. The summed E-state index contributed by atoms with van der Waals surface area (Å²) in [6.07, 6.45) is 4.16. The van der Waals surface area contributed by atoms with Crippen molar-refractivity contribution < 1.29 is 14.3 Å². The van der Waals surface area contributed by atoms with Gasteiger partial charge in [0.1, 0.15) is 17.1 Å². The molecule has 2 saturated heterocycles. The van der Waals surface area contributed by atoms with Crippen LogP contribution in [-0.4, -0.2) is 65.6 Å². The standard InChI is InChI=1S/C35H52N4O3/c1-32(2,3)42-31(40)39-26(23-41-35(39,8)9)22-36-25-15-19-38(20-16-25)30-12-10-11-29(37-30)24-13-14-27-28(21-24)34(6,7)18-17-33(27,4)5/h10-14,21,25-26,36H,15-20,22-23H2,1-9H3. The number of aromatic nitrogens is 1. The van der Waals surface area contributed by atoms with Crippen LogP contribution in [0.15, 0.2) is 36.4 Å². The minimum atomic E-state index is -0.682. The van der Waals surface area contributed by atoms with Crippen molar-refractivity contribution in [2.45, 2.75) is 122 Å². The molecule has 42 heavy (non-hydrogen) atoms. The van der Waals surface area contributed by atoms with Gasteiger partial charge in [0, 0.05) is 31.2 Å². The molecule has 2 fully saturated rings. The Morgan fingerprint density at radius 1 is 1.00 bits per heavy atom. The van der Waals surface area contributed by atoms with Gasteiger partial charge in [0.25, 0.3) is 0 Å². The molecule has 0 saturated carbocycles. The van der Waals surface area contributed by atoms with E-state index in [0.717, 1.165) is 37.4 Å². The third-order valence-corrected chi connectivity index (χ3v) is 9.51. The van der Waals surface area contributed by atoms with Gasteiger partial charge in [-0.05, 0) is 100 Å². The molecule has 1 unspecified atom stereocenters. The van der Waals surface area contributed by atoms with Crippen molar-refractivity contribution in [2.24, 2.45) is 0 Å². The number of fused-ring (bicyclic) bond motifs is 1. The van der Waals surface area contributed by atoms with Crippen molar-refractivity contribution in [3.05, 3.63) is 47.5 Å². The molecule has 7 heteroatoms. The maximum atomic E-state index is 13.0. The fourth-order valence-electron chi connectivity index (χ4n) is 6.84. The van der Waals surface area contributed by atoms with Gasteiger partial charge in [0.15, 0.2) is 0 Å². The predicted molar refractivity (Wildman–Crippen MR) is 170 cm³/mol. The summed E-state index contributed by atoms with van der Waals surface area (Å²) in [5, 5.41) is 3.72. The summed E-state index contributed by atoms with van der Waals surface area (Å²) in [4.78, 5) is 22.3. The second-order valence-corrected chi connectivity index (χ2v) is 15.3. The van der Waals surface area contributed by atoms with E-state index in [1.54, 1.807) is 4.90 Å². The SMILES string of the molecule is CC(C)(C)OC(=O)N1C(CNC2CCN(c3cccc(-c4ccc5c(c4)C(C)(C)CCC5(C)C)n3)CC2)COC1(C)C. The number of amides is 1. The van der Waals surface area contributed by atoms with Gasteiger partial charge in [-0.25, -0.2) is 9.78 Å². The molecule has 1 aromatic carbocycles. The summed E-state index contributed by atoms with van der Waals surface area (Å²) in [5.41, 5.74) is 4.36. The third-order valence-electron chi connectivity index (χ3n) is 9.51. The monoisotopic (exact) mass is 576 g/mol. The van der Waals surface area contributed by atoms with Gasteiger partial charge in [-0.15, -0.1) is 0 Å². The molecule has 3 heterocycles. The van der Waals surface area contributed by atoms with Gasteiger partial charge in [-0.1, -0.05) is 45.9 Å². The van der Waals surface area contributed by atoms with Crippen LogP contribution in [0.4, 0.5) is 10.6 Å². The van der Waals surface area contributed by atoms with Crippen LogP contribution in [0.1, 0.15) is 99.1 Å². The Morgan fingerprint density at radius 2 is 1.67 bits per heavy atom. The fraction of sp³-hybridized carbons (Fsp3) is 0.657. The second-order valence-electron chi connectivity index (χ2n) is 15.3. The highest BCUT2D eigenvalue weighted by atomic mass is 16.6. The average Bonchev–Trinajstić information content (AvgIpc) is 3.23. The number of rotatable bonds is 5. The van der Waals surface area contributed by atoms with E-state index < -0.39 is 11.3 Å². The van der Waals surface area contributed by atoms with Crippen molar-refractivity contribution in [3.63, 3.8) is 0 Å².